The molecule has 1 saturated carbocycles. The first-order valence-electron chi connectivity index (χ1n) is 6.14. The molecule has 2 rings (SSSR count). The summed E-state index contributed by atoms with van der Waals surface area (Å²) in [7, 11) is 1.87. The Morgan fingerprint density at radius 1 is 1.53 bits per heavy atom. The Morgan fingerprint density at radius 2 is 2.24 bits per heavy atom. The Kier molecular flexibility index (Phi) is 4.07. The van der Waals surface area contributed by atoms with Gasteiger partial charge in [0.2, 0.25) is 0 Å². The monoisotopic (exact) mass is 257 g/mol. The van der Waals surface area contributed by atoms with Crippen LogP contribution in [0.4, 0.5) is 0 Å². The van der Waals surface area contributed by atoms with Crippen LogP contribution in [-0.2, 0) is 18.3 Å². The molecule has 17 heavy (non-hydrogen) atoms. The van der Waals surface area contributed by atoms with Gasteiger partial charge in [-0.05, 0) is 26.7 Å². The molecule has 1 fully saturated rings. The van der Waals surface area contributed by atoms with E-state index in [1.165, 1.54) is 0 Å². The van der Waals surface area contributed by atoms with Crippen LogP contribution in [0.1, 0.15) is 31.0 Å². The van der Waals surface area contributed by atoms with Crippen molar-refractivity contribution < 1.29 is 4.74 Å². The molecule has 0 aromatic carbocycles. The second-order valence-corrected chi connectivity index (χ2v) is 4.96. The fourth-order valence-electron chi connectivity index (χ4n) is 2.23. The Morgan fingerprint density at radius 3 is 2.76 bits per heavy atom. The van der Waals surface area contributed by atoms with Crippen LogP contribution in [0.5, 0.6) is 0 Å². The van der Waals surface area contributed by atoms with E-state index >= 15 is 0 Å². The molecule has 0 atom stereocenters. The third kappa shape index (κ3) is 2.81. The molecule has 96 valence electrons. The molecule has 1 aliphatic carbocycles. The molecule has 0 radical (unpaired) electrons. The van der Waals surface area contributed by atoms with E-state index in [2.05, 4.69) is 10.4 Å². The Hall–Kier alpha value is -0.580. The first kappa shape index (κ1) is 12.9. The van der Waals surface area contributed by atoms with Gasteiger partial charge in [-0.15, -0.1) is 0 Å². The molecule has 0 amide bonds. The predicted octanol–water partition coefficient (Wildman–Crippen LogP) is 2.04. The summed E-state index contributed by atoms with van der Waals surface area (Å²) in [5, 5.41) is 8.53. The minimum atomic E-state index is 0.447. The number of aromatic nitrogens is 2. The highest BCUT2D eigenvalue weighted by atomic mass is 35.5. The van der Waals surface area contributed by atoms with Crippen molar-refractivity contribution in [3.05, 3.63) is 16.4 Å². The zero-order valence-corrected chi connectivity index (χ0v) is 11.4. The Balaban J connectivity index is 1.80. The van der Waals surface area contributed by atoms with E-state index in [4.69, 9.17) is 16.3 Å². The quantitative estimate of drug-likeness (QED) is 0.878. The number of rotatable bonds is 5. The van der Waals surface area contributed by atoms with Gasteiger partial charge in [0.05, 0.1) is 11.8 Å². The van der Waals surface area contributed by atoms with Crippen LogP contribution in [0, 0.1) is 6.92 Å². The van der Waals surface area contributed by atoms with E-state index in [-0.39, 0.29) is 0 Å². The van der Waals surface area contributed by atoms with E-state index in [1.807, 2.05) is 20.9 Å². The Labute approximate surface area is 107 Å². The summed E-state index contributed by atoms with van der Waals surface area (Å²) in [6.07, 6.45) is 2.65. The standard InChI is InChI=1S/C12H20ClN3O/c1-4-17-10-5-9(6-10)14-7-11-8(2)15-16(3)12(11)13/h9-10,14H,4-7H2,1-3H3. The largest absolute Gasteiger partial charge is 0.378 e. The second-order valence-electron chi connectivity index (χ2n) is 4.60. The van der Waals surface area contributed by atoms with E-state index in [0.717, 1.165) is 42.4 Å². The molecule has 1 N–H and O–H groups in total. The third-order valence-corrected chi connectivity index (χ3v) is 3.81. The second kappa shape index (κ2) is 5.38. The van der Waals surface area contributed by atoms with E-state index in [0.29, 0.717) is 12.1 Å². The van der Waals surface area contributed by atoms with Gasteiger partial charge in [-0.3, -0.25) is 4.68 Å². The maximum absolute atomic E-state index is 6.17. The third-order valence-electron chi connectivity index (χ3n) is 3.33. The van der Waals surface area contributed by atoms with E-state index < -0.39 is 0 Å². The number of hydrogen-bond acceptors (Lipinski definition) is 3. The summed E-state index contributed by atoms with van der Waals surface area (Å²) < 4.78 is 7.25. The van der Waals surface area contributed by atoms with Crippen LogP contribution in [0.25, 0.3) is 0 Å². The van der Waals surface area contributed by atoms with Crippen molar-refractivity contribution >= 4 is 11.6 Å². The highest BCUT2D eigenvalue weighted by Gasteiger charge is 2.29. The summed E-state index contributed by atoms with van der Waals surface area (Å²) in [5.41, 5.74) is 2.11. The number of aryl methyl sites for hydroxylation is 2. The lowest BCUT2D eigenvalue weighted by Gasteiger charge is -2.35. The minimum Gasteiger partial charge on any atom is -0.378 e. The van der Waals surface area contributed by atoms with Crippen molar-refractivity contribution in [1.82, 2.24) is 15.1 Å². The average molecular weight is 258 g/mol. The van der Waals surface area contributed by atoms with Gasteiger partial charge in [0.25, 0.3) is 0 Å². The van der Waals surface area contributed by atoms with Gasteiger partial charge in [0, 0.05) is 31.8 Å². The number of ether oxygens (including phenoxy) is 1. The molecule has 0 saturated heterocycles. The molecule has 1 aromatic heterocycles. The maximum Gasteiger partial charge on any atom is 0.131 e. The van der Waals surface area contributed by atoms with Gasteiger partial charge in [0.1, 0.15) is 5.15 Å². The van der Waals surface area contributed by atoms with Gasteiger partial charge in [-0.25, -0.2) is 0 Å². The molecule has 1 aliphatic rings. The van der Waals surface area contributed by atoms with Crippen LogP contribution in [0.15, 0.2) is 0 Å². The number of halogens is 1. The molecular formula is C12H20ClN3O. The van der Waals surface area contributed by atoms with Gasteiger partial charge in [-0.2, -0.15) is 5.10 Å². The predicted molar refractivity (Wildman–Crippen MR) is 68.2 cm³/mol. The lowest BCUT2D eigenvalue weighted by Crippen LogP contribution is -2.45. The molecular weight excluding hydrogens is 238 g/mol. The van der Waals surface area contributed by atoms with Gasteiger partial charge in [-0.1, -0.05) is 11.6 Å². The molecule has 4 nitrogen and oxygen atoms in total. The van der Waals surface area contributed by atoms with Crippen LogP contribution in [0.3, 0.4) is 0 Å². The van der Waals surface area contributed by atoms with Gasteiger partial charge >= 0.3 is 0 Å². The normalized spacial score (nSPS) is 23.8. The van der Waals surface area contributed by atoms with Crippen molar-refractivity contribution in [2.24, 2.45) is 7.05 Å². The maximum atomic E-state index is 6.17. The Bertz CT molecular complexity index is 385. The zero-order chi connectivity index (χ0) is 12.4. The zero-order valence-electron chi connectivity index (χ0n) is 10.7. The topological polar surface area (TPSA) is 39.1 Å². The highest BCUT2D eigenvalue weighted by molar-refractivity contribution is 6.30. The number of hydrogen-bond donors (Lipinski definition) is 1. The van der Waals surface area contributed by atoms with Crippen LogP contribution >= 0.6 is 11.6 Å². The fourth-order valence-corrected chi connectivity index (χ4v) is 2.47. The SMILES string of the molecule is CCOC1CC(NCc2c(C)nn(C)c2Cl)C1. The lowest BCUT2D eigenvalue weighted by atomic mass is 9.89. The van der Waals surface area contributed by atoms with E-state index in [1.54, 1.807) is 4.68 Å². The van der Waals surface area contributed by atoms with Crippen molar-refractivity contribution in [3.8, 4) is 0 Å². The van der Waals surface area contributed by atoms with Crippen LogP contribution in [0.2, 0.25) is 5.15 Å². The van der Waals surface area contributed by atoms with Crippen molar-refractivity contribution in [3.63, 3.8) is 0 Å². The molecule has 1 aromatic rings. The summed E-state index contributed by atoms with van der Waals surface area (Å²) in [4.78, 5) is 0. The minimum absolute atomic E-state index is 0.447. The lowest BCUT2D eigenvalue weighted by molar-refractivity contribution is -0.0102. The summed E-state index contributed by atoms with van der Waals surface area (Å²) in [6, 6.07) is 0.558. The summed E-state index contributed by atoms with van der Waals surface area (Å²) in [5.74, 6) is 0. The van der Waals surface area contributed by atoms with Crippen molar-refractivity contribution in [2.75, 3.05) is 6.61 Å². The fraction of sp³-hybridized carbons (Fsp3) is 0.750. The van der Waals surface area contributed by atoms with Crippen LogP contribution < -0.4 is 5.32 Å². The molecule has 0 aliphatic heterocycles. The number of nitrogens with one attached hydrogen (secondary N) is 1. The van der Waals surface area contributed by atoms with Gasteiger partial charge < -0.3 is 10.1 Å². The van der Waals surface area contributed by atoms with Crippen LogP contribution in [-0.4, -0.2) is 28.5 Å². The average Bonchev–Trinajstić information content (AvgIpc) is 2.47. The van der Waals surface area contributed by atoms with Gasteiger partial charge in [0.15, 0.2) is 0 Å². The van der Waals surface area contributed by atoms with Crippen molar-refractivity contribution in [2.45, 2.75) is 45.4 Å². The molecule has 5 heteroatoms. The molecule has 0 bridgehead atoms. The van der Waals surface area contributed by atoms with E-state index in [9.17, 15) is 0 Å². The number of nitrogens with zero attached hydrogens (tertiary/aromatic N) is 2. The highest BCUT2D eigenvalue weighted by Crippen LogP contribution is 2.25. The molecule has 0 spiro atoms. The summed E-state index contributed by atoms with van der Waals surface area (Å²) in [6.45, 7) is 5.64. The smallest absolute Gasteiger partial charge is 0.131 e. The first-order valence-corrected chi connectivity index (χ1v) is 6.52. The molecule has 1 heterocycles. The molecule has 0 unspecified atom stereocenters. The first-order chi connectivity index (χ1) is 8.11. The van der Waals surface area contributed by atoms with Crippen molar-refractivity contribution in [1.29, 1.82) is 0 Å². The summed E-state index contributed by atoms with van der Waals surface area (Å²) >= 11 is 6.17.